The molecular weight excluding hydrogens is 354 g/mol. The fourth-order valence-corrected chi connectivity index (χ4v) is 2.88. The average molecular weight is 370 g/mol. The number of nitro groups is 1. The molecule has 1 aliphatic heterocycles. The van der Waals surface area contributed by atoms with Crippen molar-refractivity contribution in [3.63, 3.8) is 0 Å². The van der Waals surface area contributed by atoms with Crippen LogP contribution in [0.25, 0.3) is 6.08 Å². The maximum absolute atomic E-state index is 12.9. The number of amides is 1. The minimum atomic E-state index is -0.480. The van der Waals surface area contributed by atoms with Crippen molar-refractivity contribution in [2.45, 2.75) is 19.8 Å². The summed E-state index contributed by atoms with van der Waals surface area (Å²) in [5, 5.41) is 17.1. The molecule has 0 unspecified atom stereocenters. The van der Waals surface area contributed by atoms with Crippen molar-refractivity contribution < 1.29 is 9.72 Å². The van der Waals surface area contributed by atoms with E-state index in [1.807, 2.05) is 19.1 Å². The molecule has 132 valence electrons. The van der Waals surface area contributed by atoms with Gasteiger partial charge in [-0.05, 0) is 42.3 Å². The third-order valence-electron chi connectivity index (χ3n) is 3.91. The van der Waals surface area contributed by atoms with Gasteiger partial charge in [-0.1, -0.05) is 37.1 Å². The molecule has 7 heteroatoms. The Morgan fingerprint density at radius 3 is 2.58 bits per heavy atom. The number of carbonyl (C=O) groups excluding carboxylic acids is 1. The van der Waals surface area contributed by atoms with E-state index < -0.39 is 4.92 Å². The molecule has 2 aromatic carbocycles. The van der Waals surface area contributed by atoms with Crippen LogP contribution in [0.1, 0.15) is 25.3 Å². The summed E-state index contributed by atoms with van der Waals surface area (Å²) in [6, 6.07) is 13.0. The minimum absolute atomic E-state index is 0.0344. The van der Waals surface area contributed by atoms with Crippen molar-refractivity contribution >= 4 is 40.7 Å². The molecule has 0 aromatic heterocycles. The molecule has 0 spiro atoms. The van der Waals surface area contributed by atoms with Crippen LogP contribution in [-0.4, -0.2) is 16.5 Å². The highest BCUT2D eigenvalue weighted by molar-refractivity contribution is 6.33. The van der Waals surface area contributed by atoms with Crippen molar-refractivity contribution in [2.75, 3.05) is 5.01 Å². The third-order valence-corrected chi connectivity index (χ3v) is 4.14. The zero-order valence-electron chi connectivity index (χ0n) is 14.1. The molecule has 6 nitrogen and oxygen atoms in total. The van der Waals surface area contributed by atoms with Crippen LogP contribution in [0.3, 0.4) is 0 Å². The van der Waals surface area contributed by atoms with Gasteiger partial charge in [0, 0.05) is 17.2 Å². The van der Waals surface area contributed by atoms with Crippen LogP contribution in [0.15, 0.2) is 59.2 Å². The molecule has 0 N–H and O–H groups in total. The summed E-state index contributed by atoms with van der Waals surface area (Å²) in [6.45, 7) is 2.01. The molecular formula is C19H16ClN3O3. The topological polar surface area (TPSA) is 75.8 Å². The molecule has 1 heterocycles. The number of hydrogen-bond donors (Lipinski definition) is 0. The molecule has 26 heavy (non-hydrogen) atoms. The average Bonchev–Trinajstić information content (AvgIpc) is 2.92. The standard InChI is InChI=1S/C19H16ClN3O3/c1-2-4-18-17(12-13-5-3-6-14(20)11-13)19(24)22(21-18)15-7-9-16(10-8-15)23(25)26/h3,5-12H,2,4H2,1H3. The number of non-ortho nitro benzene ring substituents is 1. The SMILES string of the molecule is CCCC1=NN(c2ccc([N+](=O)[O-])cc2)C(=O)C1=Cc1cccc(Cl)c1. The van der Waals surface area contributed by atoms with Gasteiger partial charge in [-0.15, -0.1) is 0 Å². The van der Waals surface area contributed by atoms with E-state index in [-0.39, 0.29) is 11.6 Å². The van der Waals surface area contributed by atoms with Gasteiger partial charge in [-0.3, -0.25) is 14.9 Å². The molecule has 0 aliphatic carbocycles. The Hall–Kier alpha value is -2.99. The highest BCUT2D eigenvalue weighted by Crippen LogP contribution is 2.28. The van der Waals surface area contributed by atoms with Gasteiger partial charge in [0.2, 0.25) is 0 Å². The summed E-state index contributed by atoms with van der Waals surface area (Å²) >= 11 is 6.02. The van der Waals surface area contributed by atoms with E-state index >= 15 is 0 Å². The predicted octanol–water partition coefficient (Wildman–Crippen LogP) is 4.83. The number of halogens is 1. The summed E-state index contributed by atoms with van der Waals surface area (Å²) in [5.74, 6) is -0.262. The van der Waals surface area contributed by atoms with Crippen molar-refractivity contribution in [3.8, 4) is 0 Å². The molecule has 0 atom stereocenters. The van der Waals surface area contributed by atoms with Gasteiger partial charge < -0.3 is 0 Å². The fraction of sp³-hybridized carbons (Fsp3) is 0.158. The predicted molar refractivity (Wildman–Crippen MR) is 102 cm³/mol. The Balaban J connectivity index is 1.96. The van der Waals surface area contributed by atoms with E-state index in [1.165, 1.54) is 29.3 Å². The van der Waals surface area contributed by atoms with Gasteiger partial charge in [0.05, 0.1) is 21.9 Å². The van der Waals surface area contributed by atoms with Crippen LogP contribution in [0.2, 0.25) is 5.02 Å². The third kappa shape index (κ3) is 3.65. The number of rotatable bonds is 5. The Morgan fingerprint density at radius 2 is 1.96 bits per heavy atom. The number of nitrogens with zero attached hydrogens (tertiary/aromatic N) is 3. The van der Waals surface area contributed by atoms with Crippen LogP contribution in [-0.2, 0) is 4.79 Å². The van der Waals surface area contributed by atoms with Gasteiger partial charge >= 0.3 is 0 Å². The van der Waals surface area contributed by atoms with E-state index in [2.05, 4.69) is 5.10 Å². The summed E-state index contributed by atoms with van der Waals surface area (Å²) < 4.78 is 0. The first-order chi connectivity index (χ1) is 12.5. The van der Waals surface area contributed by atoms with Gasteiger partial charge in [-0.2, -0.15) is 10.1 Å². The monoisotopic (exact) mass is 369 g/mol. The van der Waals surface area contributed by atoms with E-state index in [4.69, 9.17) is 11.6 Å². The molecule has 1 aliphatic rings. The smallest absolute Gasteiger partial charge is 0.267 e. The molecule has 0 saturated carbocycles. The molecule has 0 radical (unpaired) electrons. The van der Waals surface area contributed by atoms with E-state index in [0.29, 0.717) is 28.4 Å². The quantitative estimate of drug-likeness (QED) is 0.430. The molecule has 2 aromatic rings. The highest BCUT2D eigenvalue weighted by atomic mass is 35.5. The van der Waals surface area contributed by atoms with Crippen LogP contribution in [0.5, 0.6) is 0 Å². The number of anilines is 1. The summed E-state index contributed by atoms with van der Waals surface area (Å²) in [5.41, 5.74) is 2.47. The number of benzene rings is 2. The first kappa shape index (κ1) is 17.8. The van der Waals surface area contributed by atoms with Crippen LogP contribution in [0.4, 0.5) is 11.4 Å². The maximum atomic E-state index is 12.9. The number of carbonyl (C=O) groups is 1. The molecule has 0 fully saturated rings. The van der Waals surface area contributed by atoms with E-state index in [9.17, 15) is 14.9 Å². The summed E-state index contributed by atoms with van der Waals surface area (Å²) in [4.78, 5) is 23.2. The van der Waals surface area contributed by atoms with Gasteiger partial charge in [0.15, 0.2) is 0 Å². The largest absolute Gasteiger partial charge is 0.280 e. The Labute approximate surface area is 155 Å². The summed E-state index contributed by atoms with van der Waals surface area (Å²) in [7, 11) is 0. The van der Waals surface area contributed by atoms with Crippen LogP contribution < -0.4 is 5.01 Å². The lowest BCUT2D eigenvalue weighted by atomic mass is 10.0. The fourth-order valence-electron chi connectivity index (χ4n) is 2.68. The number of hydrogen-bond acceptors (Lipinski definition) is 4. The Bertz CT molecular complexity index is 920. The minimum Gasteiger partial charge on any atom is -0.267 e. The number of nitro benzene ring substituents is 1. The maximum Gasteiger partial charge on any atom is 0.280 e. The lowest BCUT2D eigenvalue weighted by Gasteiger charge is -2.11. The van der Waals surface area contributed by atoms with Crippen molar-refractivity contribution in [1.82, 2.24) is 0 Å². The Kier molecular flexibility index (Phi) is 5.14. The van der Waals surface area contributed by atoms with Crippen molar-refractivity contribution in [1.29, 1.82) is 0 Å². The number of hydrazone groups is 1. The molecule has 3 rings (SSSR count). The molecule has 0 saturated heterocycles. The second-order valence-electron chi connectivity index (χ2n) is 5.80. The Morgan fingerprint density at radius 1 is 1.23 bits per heavy atom. The molecule has 1 amide bonds. The second-order valence-corrected chi connectivity index (χ2v) is 6.24. The highest BCUT2D eigenvalue weighted by Gasteiger charge is 2.30. The normalized spacial score (nSPS) is 15.5. The van der Waals surface area contributed by atoms with E-state index in [1.54, 1.807) is 18.2 Å². The van der Waals surface area contributed by atoms with Gasteiger partial charge in [0.1, 0.15) is 0 Å². The summed E-state index contributed by atoms with van der Waals surface area (Å²) in [6.07, 6.45) is 3.27. The van der Waals surface area contributed by atoms with Crippen LogP contribution in [0, 0.1) is 10.1 Å². The van der Waals surface area contributed by atoms with Gasteiger partial charge in [-0.25, -0.2) is 0 Å². The van der Waals surface area contributed by atoms with Gasteiger partial charge in [0.25, 0.3) is 11.6 Å². The zero-order valence-corrected chi connectivity index (χ0v) is 14.8. The molecule has 0 bridgehead atoms. The van der Waals surface area contributed by atoms with E-state index in [0.717, 1.165) is 12.0 Å². The lowest BCUT2D eigenvalue weighted by molar-refractivity contribution is -0.384. The zero-order chi connectivity index (χ0) is 18.7. The lowest BCUT2D eigenvalue weighted by Crippen LogP contribution is -2.21. The first-order valence-electron chi connectivity index (χ1n) is 8.13. The van der Waals surface area contributed by atoms with Crippen LogP contribution >= 0.6 is 11.6 Å². The first-order valence-corrected chi connectivity index (χ1v) is 8.51. The second kappa shape index (κ2) is 7.49. The van der Waals surface area contributed by atoms with Crippen molar-refractivity contribution in [3.05, 3.63) is 74.8 Å². The van der Waals surface area contributed by atoms with Crippen molar-refractivity contribution in [2.24, 2.45) is 5.10 Å².